The summed E-state index contributed by atoms with van der Waals surface area (Å²) >= 11 is 1.65. The van der Waals surface area contributed by atoms with Crippen LogP contribution in [0.15, 0.2) is 48.5 Å². The molecule has 1 fully saturated rings. The van der Waals surface area contributed by atoms with Crippen LogP contribution in [0.1, 0.15) is 48.7 Å². The summed E-state index contributed by atoms with van der Waals surface area (Å²) in [4.78, 5) is 17.2. The number of para-hydroxylation sites is 1. The quantitative estimate of drug-likeness (QED) is 0.619. The van der Waals surface area contributed by atoms with Gasteiger partial charge >= 0.3 is 0 Å². The summed E-state index contributed by atoms with van der Waals surface area (Å²) in [5.41, 5.74) is 1.99. The van der Waals surface area contributed by atoms with Crippen molar-refractivity contribution in [1.82, 2.24) is 10.3 Å². The van der Waals surface area contributed by atoms with E-state index in [1.54, 1.807) is 23.5 Å². The van der Waals surface area contributed by atoms with Crippen molar-refractivity contribution in [2.24, 2.45) is 5.92 Å². The van der Waals surface area contributed by atoms with Crippen molar-refractivity contribution in [1.29, 1.82) is 0 Å². The summed E-state index contributed by atoms with van der Waals surface area (Å²) in [6.07, 6.45) is 5.68. The Morgan fingerprint density at radius 2 is 1.89 bits per heavy atom. The van der Waals surface area contributed by atoms with Gasteiger partial charge in [-0.25, -0.2) is 9.37 Å². The molecule has 1 N–H and O–H groups in total. The number of carbonyl (C=O) groups excluding carboxylic acids is 1. The molecule has 1 saturated carbocycles. The number of halogens is 1. The maximum Gasteiger partial charge on any atom is 0.220 e. The molecule has 1 aliphatic rings. The number of aromatic nitrogens is 1. The number of thiazole rings is 1. The van der Waals surface area contributed by atoms with E-state index in [9.17, 15) is 9.18 Å². The molecule has 0 spiro atoms. The first-order valence-electron chi connectivity index (χ1n) is 9.58. The van der Waals surface area contributed by atoms with E-state index >= 15 is 0 Å². The number of aryl methyl sites for hydroxylation is 1. The molecular formula is C22H23FN2OS. The van der Waals surface area contributed by atoms with Crippen molar-refractivity contribution in [3.63, 3.8) is 0 Å². The zero-order chi connectivity index (χ0) is 18.6. The van der Waals surface area contributed by atoms with Crippen molar-refractivity contribution >= 4 is 27.5 Å². The highest BCUT2D eigenvalue weighted by atomic mass is 32.1. The Morgan fingerprint density at radius 1 is 1.15 bits per heavy atom. The summed E-state index contributed by atoms with van der Waals surface area (Å²) in [5.74, 6) is 0.225. The zero-order valence-electron chi connectivity index (χ0n) is 15.2. The Kier molecular flexibility index (Phi) is 5.48. The average Bonchev–Trinajstić information content (AvgIpc) is 3.34. The van der Waals surface area contributed by atoms with E-state index in [4.69, 9.17) is 0 Å². The molecule has 5 heteroatoms. The van der Waals surface area contributed by atoms with Crippen LogP contribution in [0.5, 0.6) is 0 Å². The minimum absolute atomic E-state index is 0.0315. The lowest BCUT2D eigenvalue weighted by Gasteiger charge is -2.25. The third kappa shape index (κ3) is 4.35. The molecule has 0 saturated heterocycles. The van der Waals surface area contributed by atoms with Gasteiger partial charge in [0, 0.05) is 12.8 Å². The standard InChI is InChI=1S/C22H23FN2OS/c23-17-11-9-16(10-12-17)22(15-5-1-2-6-15)25-20(26)13-14-21-24-18-7-3-4-8-19(18)27-21/h3-4,7-12,15,22H,1-2,5-6,13-14H2,(H,25,26)/t22-/m0/s1. The summed E-state index contributed by atoms with van der Waals surface area (Å²) in [7, 11) is 0. The lowest BCUT2D eigenvalue weighted by atomic mass is 9.91. The maximum absolute atomic E-state index is 13.3. The summed E-state index contributed by atoms with van der Waals surface area (Å²) in [6, 6.07) is 14.6. The summed E-state index contributed by atoms with van der Waals surface area (Å²) in [6.45, 7) is 0. The van der Waals surface area contributed by atoms with Crippen molar-refractivity contribution in [3.8, 4) is 0 Å². The van der Waals surface area contributed by atoms with Gasteiger partial charge in [0.15, 0.2) is 0 Å². The lowest BCUT2D eigenvalue weighted by Crippen LogP contribution is -2.32. The number of nitrogens with one attached hydrogen (secondary N) is 1. The van der Waals surface area contributed by atoms with Gasteiger partial charge in [-0.15, -0.1) is 11.3 Å². The van der Waals surface area contributed by atoms with Gasteiger partial charge in [-0.2, -0.15) is 0 Å². The van der Waals surface area contributed by atoms with Gasteiger partial charge in [-0.3, -0.25) is 4.79 Å². The second-order valence-corrected chi connectivity index (χ2v) is 8.33. The molecule has 140 valence electrons. The number of fused-ring (bicyclic) bond motifs is 1. The van der Waals surface area contributed by atoms with Crippen molar-refractivity contribution in [2.75, 3.05) is 0 Å². The van der Waals surface area contributed by atoms with Crippen LogP contribution in [0.25, 0.3) is 10.2 Å². The van der Waals surface area contributed by atoms with E-state index in [1.807, 2.05) is 18.2 Å². The topological polar surface area (TPSA) is 42.0 Å². The van der Waals surface area contributed by atoms with E-state index in [-0.39, 0.29) is 17.8 Å². The number of amides is 1. The van der Waals surface area contributed by atoms with Gasteiger partial charge in [0.2, 0.25) is 5.91 Å². The fraction of sp³-hybridized carbons (Fsp3) is 0.364. The molecule has 0 radical (unpaired) electrons. The number of carbonyl (C=O) groups is 1. The fourth-order valence-corrected chi connectivity index (χ4v) is 4.89. The van der Waals surface area contributed by atoms with Gasteiger partial charge in [0.05, 0.1) is 21.3 Å². The molecule has 1 aromatic heterocycles. The molecule has 3 nitrogen and oxygen atoms in total. The number of hydrogen-bond acceptors (Lipinski definition) is 3. The van der Waals surface area contributed by atoms with Crippen LogP contribution in [0.2, 0.25) is 0 Å². The van der Waals surface area contributed by atoms with Gasteiger partial charge in [0.25, 0.3) is 0 Å². The Balaban J connectivity index is 1.42. The predicted octanol–water partition coefficient (Wildman–Crippen LogP) is 5.42. The Bertz CT molecular complexity index is 882. The summed E-state index contributed by atoms with van der Waals surface area (Å²) < 4.78 is 14.4. The monoisotopic (exact) mass is 382 g/mol. The Labute approximate surface area is 162 Å². The first-order valence-corrected chi connectivity index (χ1v) is 10.4. The molecule has 3 aromatic rings. The zero-order valence-corrected chi connectivity index (χ0v) is 16.0. The minimum Gasteiger partial charge on any atom is -0.349 e. The van der Waals surface area contributed by atoms with Crippen LogP contribution in [-0.2, 0) is 11.2 Å². The molecule has 1 amide bonds. The minimum atomic E-state index is -0.244. The van der Waals surface area contributed by atoms with Crippen LogP contribution in [0.3, 0.4) is 0 Å². The number of nitrogens with zero attached hydrogens (tertiary/aromatic N) is 1. The molecule has 1 heterocycles. The van der Waals surface area contributed by atoms with Gasteiger partial charge in [-0.1, -0.05) is 37.1 Å². The van der Waals surface area contributed by atoms with Crippen LogP contribution in [0.4, 0.5) is 4.39 Å². The first-order chi connectivity index (χ1) is 13.2. The molecule has 2 aromatic carbocycles. The van der Waals surface area contributed by atoms with Crippen molar-refractivity contribution in [3.05, 3.63) is 64.9 Å². The number of benzene rings is 2. The average molecular weight is 383 g/mol. The van der Waals surface area contributed by atoms with E-state index in [0.29, 0.717) is 18.8 Å². The molecular weight excluding hydrogens is 359 g/mol. The van der Waals surface area contributed by atoms with Crippen LogP contribution in [-0.4, -0.2) is 10.9 Å². The summed E-state index contributed by atoms with van der Waals surface area (Å²) in [5, 5.41) is 4.21. The fourth-order valence-electron chi connectivity index (χ4n) is 3.93. The molecule has 0 unspecified atom stereocenters. The van der Waals surface area contributed by atoms with E-state index in [0.717, 1.165) is 33.6 Å². The molecule has 1 atom stereocenters. The number of rotatable bonds is 6. The van der Waals surface area contributed by atoms with Crippen molar-refractivity contribution < 1.29 is 9.18 Å². The van der Waals surface area contributed by atoms with E-state index in [2.05, 4.69) is 16.4 Å². The highest BCUT2D eigenvalue weighted by Crippen LogP contribution is 2.36. The van der Waals surface area contributed by atoms with Gasteiger partial charge < -0.3 is 5.32 Å². The normalized spacial score (nSPS) is 15.9. The third-order valence-electron chi connectivity index (χ3n) is 5.32. The maximum atomic E-state index is 13.3. The highest BCUT2D eigenvalue weighted by molar-refractivity contribution is 7.18. The van der Waals surface area contributed by atoms with Gasteiger partial charge in [0.1, 0.15) is 5.82 Å². The lowest BCUT2D eigenvalue weighted by molar-refractivity contribution is -0.122. The third-order valence-corrected chi connectivity index (χ3v) is 6.42. The molecule has 0 bridgehead atoms. The Hall–Kier alpha value is -2.27. The SMILES string of the molecule is O=C(CCc1nc2ccccc2s1)N[C@H](c1ccc(F)cc1)C1CCCC1. The second kappa shape index (κ2) is 8.17. The van der Waals surface area contributed by atoms with Gasteiger partial charge in [-0.05, 0) is 48.6 Å². The smallest absolute Gasteiger partial charge is 0.220 e. The predicted molar refractivity (Wildman–Crippen MR) is 107 cm³/mol. The molecule has 1 aliphatic carbocycles. The number of hydrogen-bond donors (Lipinski definition) is 1. The van der Waals surface area contributed by atoms with Crippen LogP contribution < -0.4 is 5.32 Å². The largest absolute Gasteiger partial charge is 0.349 e. The van der Waals surface area contributed by atoms with Crippen LogP contribution in [0, 0.1) is 11.7 Å². The Morgan fingerprint density at radius 3 is 2.63 bits per heavy atom. The van der Waals surface area contributed by atoms with E-state index < -0.39 is 0 Å². The molecule has 4 rings (SSSR count). The van der Waals surface area contributed by atoms with Crippen molar-refractivity contribution in [2.45, 2.75) is 44.6 Å². The van der Waals surface area contributed by atoms with Crippen LogP contribution >= 0.6 is 11.3 Å². The molecule has 0 aliphatic heterocycles. The second-order valence-electron chi connectivity index (χ2n) is 7.22. The van der Waals surface area contributed by atoms with E-state index in [1.165, 1.54) is 25.0 Å². The highest BCUT2D eigenvalue weighted by Gasteiger charge is 2.27. The molecule has 27 heavy (non-hydrogen) atoms. The first kappa shape index (κ1) is 18.1.